The molecule has 1 atom stereocenters. The Labute approximate surface area is 216 Å². The molecule has 3 aromatic heterocycles. The van der Waals surface area contributed by atoms with Gasteiger partial charge in [-0.2, -0.15) is 13.9 Å². The van der Waals surface area contributed by atoms with Crippen molar-refractivity contribution in [3.05, 3.63) is 40.9 Å². The molecule has 37 heavy (non-hydrogen) atoms. The summed E-state index contributed by atoms with van der Waals surface area (Å²) in [6, 6.07) is 3.03. The number of anilines is 2. The van der Waals surface area contributed by atoms with Gasteiger partial charge in [-0.25, -0.2) is 19.6 Å². The van der Waals surface area contributed by atoms with E-state index >= 15 is 0 Å². The van der Waals surface area contributed by atoms with Crippen LogP contribution in [0, 0.1) is 6.92 Å². The summed E-state index contributed by atoms with van der Waals surface area (Å²) in [6.45, 7) is 1.38. The smallest absolute Gasteiger partial charge is 0.345 e. The maximum Gasteiger partial charge on any atom is 0.345 e. The molecule has 1 saturated heterocycles. The van der Waals surface area contributed by atoms with Crippen molar-refractivity contribution in [2.24, 2.45) is 7.05 Å². The average Bonchev–Trinajstić information content (AvgIpc) is 3.08. The van der Waals surface area contributed by atoms with Crippen molar-refractivity contribution >= 4 is 29.0 Å². The molecule has 4 heterocycles. The van der Waals surface area contributed by atoms with Crippen LogP contribution in [0.3, 0.4) is 0 Å². The van der Waals surface area contributed by atoms with Gasteiger partial charge in [0.2, 0.25) is 5.88 Å². The van der Waals surface area contributed by atoms with Crippen LogP contribution in [-0.2, 0) is 11.8 Å². The number of nitrogens with two attached hydrogens (primary N) is 1. The van der Waals surface area contributed by atoms with Crippen LogP contribution < -0.4 is 15.8 Å². The van der Waals surface area contributed by atoms with E-state index in [1.54, 1.807) is 30.1 Å². The third-order valence-electron chi connectivity index (χ3n) is 5.79. The highest BCUT2D eigenvalue weighted by Gasteiger charge is 2.35. The Morgan fingerprint density at radius 3 is 2.81 bits per heavy atom. The number of nitrogen functional groups attached to an aromatic ring is 1. The molecule has 11 nitrogen and oxygen atoms in total. The van der Waals surface area contributed by atoms with Gasteiger partial charge in [-0.15, -0.1) is 0 Å². The largest absolute Gasteiger partial charge is 0.477 e. The van der Waals surface area contributed by atoms with Gasteiger partial charge < -0.3 is 25.4 Å². The van der Waals surface area contributed by atoms with Gasteiger partial charge in [0.1, 0.15) is 16.5 Å². The van der Waals surface area contributed by atoms with Crippen LogP contribution in [0.2, 0.25) is 5.15 Å². The number of alkyl halides is 2. The summed E-state index contributed by atoms with van der Waals surface area (Å²) in [5.74, 6) is 0.931. The molecule has 0 unspecified atom stereocenters. The molecule has 0 radical (unpaired) electrons. The van der Waals surface area contributed by atoms with Gasteiger partial charge in [-0.05, 0) is 26.0 Å². The van der Waals surface area contributed by atoms with Crippen LogP contribution in [0.15, 0.2) is 24.5 Å². The number of amides is 1. The van der Waals surface area contributed by atoms with E-state index in [-0.39, 0.29) is 35.8 Å². The first kappa shape index (κ1) is 26.5. The standard InChI is InChI=1S/C23H27ClF2N8O3/c1-12(5-7-36-22-19(13(2)32-33(22)3)20-28-6-4-18(27)31-20)30-16-8-17(24)29-9-15(16)21(35)34-10-14(11-34)37-23(25)26/h4,6,8-9,12,14,23H,5,7,10-11H2,1-3H3,(H,29,30)(H2,27,28,31)/t12-/m0/s1. The number of aromatic nitrogens is 5. The number of pyridine rings is 1. The molecule has 4 rings (SSSR count). The van der Waals surface area contributed by atoms with Crippen LogP contribution >= 0.6 is 11.6 Å². The summed E-state index contributed by atoms with van der Waals surface area (Å²) in [5.41, 5.74) is 7.95. The van der Waals surface area contributed by atoms with Crippen molar-refractivity contribution in [1.29, 1.82) is 0 Å². The topological polar surface area (TPSA) is 133 Å². The van der Waals surface area contributed by atoms with E-state index < -0.39 is 12.7 Å². The Bertz CT molecular complexity index is 1270. The molecule has 198 valence electrons. The Morgan fingerprint density at radius 1 is 1.35 bits per heavy atom. The number of hydrogen-bond donors (Lipinski definition) is 2. The number of ether oxygens (including phenoxy) is 2. The fourth-order valence-corrected chi connectivity index (χ4v) is 4.11. The highest BCUT2D eigenvalue weighted by molar-refractivity contribution is 6.29. The maximum atomic E-state index is 12.9. The number of hydrogen-bond acceptors (Lipinski definition) is 9. The number of nitrogens with one attached hydrogen (secondary N) is 1. The van der Waals surface area contributed by atoms with Crippen molar-refractivity contribution < 1.29 is 23.0 Å². The summed E-state index contributed by atoms with van der Waals surface area (Å²) in [5, 5.41) is 7.90. The first-order valence-corrected chi connectivity index (χ1v) is 11.9. The second kappa shape index (κ2) is 11.2. The molecule has 3 aromatic rings. The van der Waals surface area contributed by atoms with E-state index in [1.165, 1.54) is 11.1 Å². The van der Waals surface area contributed by atoms with Gasteiger partial charge in [0.05, 0.1) is 29.7 Å². The molecule has 0 aromatic carbocycles. The molecular weight excluding hydrogens is 510 g/mol. The average molecular weight is 537 g/mol. The molecule has 3 N–H and O–H groups in total. The minimum Gasteiger partial charge on any atom is -0.477 e. The molecule has 14 heteroatoms. The Morgan fingerprint density at radius 2 is 2.11 bits per heavy atom. The van der Waals surface area contributed by atoms with E-state index in [0.717, 1.165) is 0 Å². The Balaban J connectivity index is 1.39. The Hall–Kier alpha value is -3.58. The number of nitrogens with zero attached hydrogens (tertiary/aromatic N) is 6. The van der Waals surface area contributed by atoms with E-state index in [2.05, 4.69) is 30.1 Å². The Kier molecular flexibility index (Phi) is 8.03. The molecule has 0 bridgehead atoms. The van der Waals surface area contributed by atoms with E-state index in [1.807, 2.05) is 13.8 Å². The van der Waals surface area contributed by atoms with Crippen LogP contribution in [0.5, 0.6) is 5.88 Å². The zero-order valence-corrected chi connectivity index (χ0v) is 21.2. The number of halogens is 3. The summed E-state index contributed by atoms with van der Waals surface area (Å²) in [6.07, 6.45) is 2.82. The van der Waals surface area contributed by atoms with Crippen molar-refractivity contribution in [2.75, 3.05) is 30.7 Å². The van der Waals surface area contributed by atoms with Gasteiger partial charge in [0, 0.05) is 45.0 Å². The predicted molar refractivity (Wildman–Crippen MR) is 133 cm³/mol. The summed E-state index contributed by atoms with van der Waals surface area (Å²) < 4.78 is 36.9. The van der Waals surface area contributed by atoms with Gasteiger partial charge in [0.15, 0.2) is 5.82 Å². The number of carbonyl (C=O) groups excluding carboxylic acids is 1. The molecule has 1 aliphatic rings. The summed E-state index contributed by atoms with van der Waals surface area (Å²) in [4.78, 5) is 26.9. The van der Waals surface area contributed by atoms with E-state index in [9.17, 15) is 13.6 Å². The second-order valence-electron chi connectivity index (χ2n) is 8.66. The van der Waals surface area contributed by atoms with Gasteiger partial charge >= 0.3 is 6.61 Å². The molecule has 1 amide bonds. The molecular formula is C23H27ClF2N8O3. The molecule has 0 aliphatic carbocycles. The quantitative estimate of drug-likeness (QED) is 0.375. The normalized spacial score (nSPS) is 14.5. The monoisotopic (exact) mass is 536 g/mol. The lowest BCUT2D eigenvalue weighted by Crippen LogP contribution is -2.55. The molecule has 0 saturated carbocycles. The molecule has 1 fully saturated rings. The number of aryl methyl sites for hydroxylation is 2. The number of rotatable bonds is 10. The number of likely N-dealkylation sites (tertiary alicyclic amines) is 1. The minimum absolute atomic E-state index is 0.0812. The van der Waals surface area contributed by atoms with Crippen molar-refractivity contribution in [1.82, 2.24) is 29.6 Å². The maximum absolute atomic E-state index is 12.9. The minimum atomic E-state index is -2.87. The third-order valence-corrected chi connectivity index (χ3v) is 6.00. The lowest BCUT2D eigenvalue weighted by atomic mass is 10.1. The third kappa shape index (κ3) is 6.23. The summed E-state index contributed by atoms with van der Waals surface area (Å²) in [7, 11) is 1.77. The fraction of sp³-hybridized carbons (Fsp3) is 0.435. The lowest BCUT2D eigenvalue weighted by molar-refractivity contribution is -0.189. The zero-order valence-electron chi connectivity index (χ0n) is 20.5. The van der Waals surface area contributed by atoms with Crippen LogP contribution in [0.25, 0.3) is 11.4 Å². The van der Waals surface area contributed by atoms with E-state index in [0.29, 0.717) is 47.5 Å². The highest BCUT2D eigenvalue weighted by atomic mass is 35.5. The predicted octanol–water partition coefficient (Wildman–Crippen LogP) is 3.15. The van der Waals surface area contributed by atoms with Crippen molar-refractivity contribution in [3.63, 3.8) is 0 Å². The molecule has 1 aliphatic heterocycles. The van der Waals surface area contributed by atoms with E-state index in [4.69, 9.17) is 22.1 Å². The van der Waals surface area contributed by atoms with Crippen LogP contribution in [0.4, 0.5) is 20.3 Å². The zero-order chi connectivity index (χ0) is 26.7. The first-order valence-electron chi connectivity index (χ1n) is 11.5. The highest BCUT2D eigenvalue weighted by Crippen LogP contribution is 2.31. The second-order valence-corrected chi connectivity index (χ2v) is 9.05. The summed E-state index contributed by atoms with van der Waals surface area (Å²) >= 11 is 6.07. The SMILES string of the molecule is Cc1nn(C)c(OCC[C@H](C)Nc2cc(Cl)ncc2C(=O)N2CC(OC(F)F)C2)c1-c1nccc(N)n1. The van der Waals surface area contributed by atoms with Crippen LogP contribution in [-0.4, -0.2) is 74.0 Å². The lowest BCUT2D eigenvalue weighted by Gasteiger charge is -2.38. The van der Waals surface area contributed by atoms with Gasteiger partial charge in [-0.3, -0.25) is 4.79 Å². The van der Waals surface area contributed by atoms with Crippen LogP contribution in [0.1, 0.15) is 29.4 Å². The van der Waals surface area contributed by atoms with Crippen molar-refractivity contribution in [2.45, 2.75) is 39.0 Å². The van der Waals surface area contributed by atoms with Crippen molar-refractivity contribution in [3.8, 4) is 17.3 Å². The number of carbonyl (C=O) groups is 1. The fourth-order valence-electron chi connectivity index (χ4n) is 3.95. The van der Waals surface area contributed by atoms with Gasteiger partial charge in [0.25, 0.3) is 5.91 Å². The first-order chi connectivity index (χ1) is 17.6. The van der Waals surface area contributed by atoms with Gasteiger partial charge in [-0.1, -0.05) is 11.6 Å². The molecule has 0 spiro atoms.